The number of aliphatic hydroxyl groups is 1. The van der Waals surface area contributed by atoms with Gasteiger partial charge in [-0.05, 0) is 25.7 Å². The number of carbonyl (C=O) groups excluding carboxylic acids is 1. The van der Waals surface area contributed by atoms with Gasteiger partial charge in [0.1, 0.15) is 0 Å². The summed E-state index contributed by atoms with van der Waals surface area (Å²) < 4.78 is 11.2. The van der Waals surface area contributed by atoms with E-state index in [1.165, 1.54) is 20.0 Å². The lowest BCUT2D eigenvalue weighted by Crippen LogP contribution is -2.49. The summed E-state index contributed by atoms with van der Waals surface area (Å²) in [7, 11) is 1.46. The summed E-state index contributed by atoms with van der Waals surface area (Å²) in [4.78, 5) is 12.5. The van der Waals surface area contributed by atoms with Crippen molar-refractivity contribution in [1.29, 1.82) is 0 Å². The topological polar surface area (TPSA) is 55.8 Å². The highest BCUT2D eigenvalue weighted by Crippen LogP contribution is 2.60. The number of esters is 1. The van der Waals surface area contributed by atoms with Crippen LogP contribution in [0.1, 0.15) is 64.2 Å². The molecule has 4 heteroatoms. The summed E-state index contributed by atoms with van der Waals surface area (Å²) in [5.74, 6) is -0.457. The van der Waals surface area contributed by atoms with E-state index in [0.29, 0.717) is 0 Å². The van der Waals surface area contributed by atoms with Crippen molar-refractivity contribution in [2.45, 2.75) is 76.1 Å². The first kappa shape index (κ1) is 14.3. The van der Waals surface area contributed by atoms with Crippen LogP contribution < -0.4 is 0 Å². The molecule has 2 spiro atoms. The Morgan fingerprint density at radius 2 is 1.60 bits per heavy atom. The fourth-order valence-corrected chi connectivity index (χ4v) is 4.94. The van der Waals surface area contributed by atoms with Crippen molar-refractivity contribution in [3.8, 4) is 0 Å². The second-order valence-corrected chi connectivity index (χ2v) is 6.85. The number of hydrogen-bond acceptors (Lipinski definition) is 4. The van der Waals surface area contributed by atoms with Gasteiger partial charge in [0.15, 0.2) is 6.29 Å². The molecule has 114 valence electrons. The second kappa shape index (κ2) is 5.30. The van der Waals surface area contributed by atoms with Crippen LogP contribution in [0.4, 0.5) is 0 Å². The molecule has 1 N–H and O–H groups in total. The molecular weight excluding hydrogens is 256 g/mol. The van der Waals surface area contributed by atoms with Crippen molar-refractivity contribution < 1.29 is 19.4 Å². The molecule has 1 aliphatic heterocycles. The smallest absolute Gasteiger partial charge is 0.312 e. The summed E-state index contributed by atoms with van der Waals surface area (Å²) in [6.07, 6.45) is 9.42. The minimum Gasteiger partial charge on any atom is -0.469 e. The van der Waals surface area contributed by atoms with Gasteiger partial charge in [0.05, 0.1) is 18.6 Å². The zero-order valence-corrected chi connectivity index (χ0v) is 12.4. The first-order valence-corrected chi connectivity index (χ1v) is 8.08. The Hall–Kier alpha value is -0.610. The minimum atomic E-state index is -0.801. The predicted molar refractivity (Wildman–Crippen MR) is 73.9 cm³/mol. The van der Waals surface area contributed by atoms with E-state index in [2.05, 4.69) is 0 Å². The van der Waals surface area contributed by atoms with Crippen LogP contribution in [0.5, 0.6) is 0 Å². The van der Waals surface area contributed by atoms with Crippen molar-refractivity contribution in [2.75, 3.05) is 7.11 Å². The van der Waals surface area contributed by atoms with Crippen LogP contribution in [0, 0.1) is 11.3 Å². The molecule has 2 unspecified atom stereocenters. The Kier molecular flexibility index (Phi) is 3.80. The van der Waals surface area contributed by atoms with Crippen LogP contribution >= 0.6 is 0 Å². The molecule has 0 bridgehead atoms. The average Bonchev–Trinajstić information content (AvgIpc) is 2.69. The molecule has 0 amide bonds. The van der Waals surface area contributed by atoms with E-state index in [1.54, 1.807) is 0 Å². The van der Waals surface area contributed by atoms with Crippen molar-refractivity contribution in [3.05, 3.63) is 0 Å². The summed E-state index contributed by atoms with van der Waals surface area (Å²) in [5, 5.41) is 10.6. The van der Waals surface area contributed by atoms with Crippen molar-refractivity contribution in [1.82, 2.24) is 0 Å². The molecule has 1 heterocycles. The van der Waals surface area contributed by atoms with E-state index >= 15 is 0 Å². The van der Waals surface area contributed by atoms with E-state index in [9.17, 15) is 9.90 Å². The lowest BCUT2D eigenvalue weighted by molar-refractivity contribution is -0.179. The van der Waals surface area contributed by atoms with Gasteiger partial charge in [-0.1, -0.05) is 38.5 Å². The average molecular weight is 282 g/mol. The molecule has 3 fully saturated rings. The zero-order valence-electron chi connectivity index (χ0n) is 12.4. The molecule has 0 radical (unpaired) electrons. The molecular formula is C16H26O4. The summed E-state index contributed by atoms with van der Waals surface area (Å²) in [6, 6.07) is 0. The molecule has 0 aromatic heterocycles. The van der Waals surface area contributed by atoms with E-state index < -0.39 is 17.3 Å². The molecule has 2 aliphatic carbocycles. The van der Waals surface area contributed by atoms with Gasteiger partial charge in [-0.25, -0.2) is 0 Å². The molecule has 0 aromatic carbocycles. The van der Waals surface area contributed by atoms with Crippen molar-refractivity contribution >= 4 is 5.97 Å². The predicted octanol–water partition coefficient (Wildman–Crippen LogP) is 2.78. The SMILES string of the molecule is COC(=O)C1C2(CCCCC2)OC(O)C12CCCCC2. The molecule has 3 rings (SSSR count). The van der Waals surface area contributed by atoms with Crippen molar-refractivity contribution in [3.63, 3.8) is 0 Å². The summed E-state index contributed by atoms with van der Waals surface area (Å²) in [5.41, 5.74) is -0.870. The quantitative estimate of drug-likeness (QED) is 0.751. The maximum atomic E-state index is 12.5. The van der Waals surface area contributed by atoms with Gasteiger partial charge >= 0.3 is 5.97 Å². The first-order valence-electron chi connectivity index (χ1n) is 8.08. The van der Waals surface area contributed by atoms with Crippen molar-refractivity contribution in [2.24, 2.45) is 11.3 Å². The summed E-state index contributed by atoms with van der Waals surface area (Å²) >= 11 is 0. The van der Waals surface area contributed by atoms with Gasteiger partial charge in [0.2, 0.25) is 0 Å². The highest BCUT2D eigenvalue weighted by molar-refractivity contribution is 5.75. The number of hydrogen-bond donors (Lipinski definition) is 1. The van der Waals surface area contributed by atoms with Crippen LogP contribution in [0.3, 0.4) is 0 Å². The van der Waals surface area contributed by atoms with Crippen LogP contribution in [-0.2, 0) is 14.3 Å². The van der Waals surface area contributed by atoms with Crippen LogP contribution in [0.2, 0.25) is 0 Å². The molecule has 4 nitrogen and oxygen atoms in total. The Morgan fingerprint density at radius 1 is 1.05 bits per heavy atom. The van der Waals surface area contributed by atoms with Crippen LogP contribution in [0.25, 0.3) is 0 Å². The number of rotatable bonds is 1. The molecule has 3 aliphatic rings. The number of ether oxygens (including phenoxy) is 2. The third-order valence-corrected chi connectivity index (χ3v) is 5.86. The molecule has 0 aromatic rings. The van der Waals surface area contributed by atoms with E-state index in [4.69, 9.17) is 9.47 Å². The molecule has 20 heavy (non-hydrogen) atoms. The monoisotopic (exact) mass is 282 g/mol. The van der Waals surface area contributed by atoms with Crippen LogP contribution in [-0.4, -0.2) is 30.1 Å². The third kappa shape index (κ3) is 2.00. The molecule has 2 saturated carbocycles. The van der Waals surface area contributed by atoms with E-state index in [0.717, 1.165) is 51.4 Å². The number of aliphatic hydroxyl groups excluding tert-OH is 1. The Labute approximate surface area is 120 Å². The summed E-state index contributed by atoms with van der Waals surface area (Å²) in [6.45, 7) is 0. The standard InChI is InChI=1S/C16H26O4/c1-19-13(17)12-15(8-4-2-5-9-15)14(18)20-16(12)10-6-3-7-11-16/h12,14,18H,2-11H2,1H3. The van der Waals surface area contributed by atoms with Crippen LogP contribution in [0.15, 0.2) is 0 Å². The normalized spacial score (nSPS) is 35.3. The van der Waals surface area contributed by atoms with Gasteiger partial charge in [-0.2, -0.15) is 0 Å². The maximum absolute atomic E-state index is 12.5. The molecule has 1 saturated heterocycles. The van der Waals surface area contributed by atoms with Gasteiger partial charge in [0.25, 0.3) is 0 Å². The highest BCUT2D eigenvalue weighted by atomic mass is 16.6. The zero-order chi connectivity index (χ0) is 14.2. The Bertz CT molecular complexity index is 367. The fraction of sp³-hybridized carbons (Fsp3) is 0.938. The highest BCUT2D eigenvalue weighted by Gasteiger charge is 2.66. The van der Waals surface area contributed by atoms with Gasteiger partial charge in [-0.15, -0.1) is 0 Å². The lowest BCUT2D eigenvalue weighted by Gasteiger charge is -2.42. The maximum Gasteiger partial charge on any atom is 0.312 e. The number of carbonyl (C=O) groups is 1. The third-order valence-electron chi connectivity index (χ3n) is 5.86. The number of methoxy groups -OCH3 is 1. The van der Waals surface area contributed by atoms with Gasteiger partial charge < -0.3 is 14.6 Å². The minimum absolute atomic E-state index is 0.176. The lowest BCUT2D eigenvalue weighted by atomic mass is 9.60. The van der Waals surface area contributed by atoms with E-state index in [1.807, 2.05) is 0 Å². The largest absolute Gasteiger partial charge is 0.469 e. The van der Waals surface area contributed by atoms with Gasteiger partial charge in [-0.3, -0.25) is 4.79 Å². The first-order chi connectivity index (χ1) is 9.65. The Balaban J connectivity index is 1.98. The molecule has 2 atom stereocenters. The fourth-order valence-electron chi connectivity index (χ4n) is 4.94. The van der Waals surface area contributed by atoms with Gasteiger partial charge in [0, 0.05) is 5.41 Å². The Morgan fingerprint density at radius 3 is 2.15 bits per heavy atom. The second-order valence-electron chi connectivity index (χ2n) is 6.85. The van der Waals surface area contributed by atoms with E-state index in [-0.39, 0.29) is 11.9 Å².